The number of fused-ring (bicyclic) bond motifs is 1. The van der Waals surface area contributed by atoms with Crippen LogP contribution < -0.4 is 4.74 Å². The number of halogens is 1. The minimum Gasteiger partial charge on any atom is -0.504 e. The second-order valence-electron chi connectivity index (χ2n) is 2.82. The molecule has 0 saturated heterocycles. The fourth-order valence-electron chi connectivity index (χ4n) is 1.41. The number of carbonyl (C=O) groups excluding carboxylic acids is 1. The Morgan fingerprint density at radius 2 is 2.38 bits per heavy atom. The van der Waals surface area contributed by atoms with Gasteiger partial charge in [0, 0.05) is 16.5 Å². The molecule has 1 aromatic carbocycles. The predicted molar refractivity (Wildman–Crippen MR) is 50.4 cm³/mol. The van der Waals surface area contributed by atoms with Gasteiger partial charge >= 0.3 is 0 Å². The van der Waals surface area contributed by atoms with Gasteiger partial charge in [-0.15, -0.1) is 0 Å². The van der Waals surface area contributed by atoms with Gasteiger partial charge in [0.05, 0.1) is 12.2 Å². The molecular formula is C9H7BrO3. The number of phenolic OH excluding ortho intramolecular Hbond substituents is 1. The summed E-state index contributed by atoms with van der Waals surface area (Å²) < 4.78 is 6.03. The van der Waals surface area contributed by atoms with Crippen molar-refractivity contribution >= 4 is 22.2 Å². The topological polar surface area (TPSA) is 46.5 Å². The van der Waals surface area contributed by atoms with E-state index in [9.17, 15) is 9.90 Å². The van der Waals surface area contributed by atoms with Gasteiger partial charge in [-0.1, -0.05) is 15.9 Å². The maximum atomic E-state index is 10.5. The van der Waals surface area contributed by atoms with Gasteiger partial charge in [0.25, 0.3) is 0 Å². The fourth-order valence-corrected chi connectivity index (χ4v) is 2.03. The molecule has 1 aliphatic heterocycles. The zero-order valence-corrected chi connectivity index (χ0v) is 8.30. The Kier molecular flexibility index (Phi) is 2.00. The molecule has 1 heterocycles. The highest BCUT2D eigenvalue weighted by atomic mass is 79.9. The molecule has 3 nitrogen and oxygen atoms in total. The number of hydrogen-bond donors (Lipinski definition) is 1. The van der Waals surface area contributed by atoms with Crippen molar-refractivity contribution in [2.24, 2.45) is 0 Å². The lowest BCUT2D eigenvalue weighted by Crippen LogP contribution is -1.88. The summed E-state index contributed by atoms with van der Waals surface area (Å²) in [6, 6.07) is 1.61. The maximum Gasteiger partial charge on any atom is 0.168 e. The zero-order chi connectivity index (χ0) is 9.42. The normalized spacial score (nSPS) is 13.6. The number of phenols is 1. The van der Waals surface area contributed by atoms with Crippen molar-refractivity contribution < 1.29 is 14.6 Å². The summed E-state index contributed by atoms with van der Waals surface area (Å²) in [7, 11) is 0. The lowest BCUT2D eigenvalue weighted by molar-refractivity contribution is 0.112. The van der Waals surface area contributed by atoms with Crippen LogP contribution in [0.4, 0.5) is 0 Å². The quantitative estimate of drug-likeness (QED) is 0.766. The van der Waals surface area contributed by atoms with E-state index in [0.717, 1.165) is 16.5 Å². The smallest absolute Gasteiger partial charge is 0.168 e. The number of hydrogen-bond acceptors (Lipinski definition) is 3. The first-order valence-electron chi connectivity index (χ1n) is 3.86. The van der Waals surface area contributed by atoms with Gasteiger partial charge < -0.3 is 9.84 Å². The first-order chi connectivity index (χ1) is 6.24. The maximum absolute atomic E-state index is 10.5. The summed E-state index contributed by atoms with van der Waals surface area (Å²) >= 11 is 3.32. The number of aldehydes is 1. The zero-order valence-electron chi connectivity index (χ0n) is 6.71. The third-order valence-electron chi connectivity index (χ3n) is 2.06. The van der Waals surface area contributed by atoms with Gasteiger partial charge in [0.2, 0.25) is 0 Å². The van der Waals surface area contributed by atoms with E-state index in [1.807, 2.05) is 0 Å². The van der Waals surface area contributed by atoms with Gasteiger partial charge in [-0.2, -0.15) is 0 Å². The summed E-state index contributed by atoms with van der Waals surface area (Å²) in [6.45, 7) is 0.559. The van der Waals surface area contributed by atoms with Crippen LogP contribution in [0.2, 0.25) is 0 Å². The molecule has 0 aromatic heterocycles. The lowest BCUT2D eigenvalue weighted by atomic mass is 10.1. The van der Waals surface area contributed by atoms with E-state index in [4.69, 9.17) is 4.74 Å². The number of ether oxygens (including phenoxy) is 1. The summed E-state index contributed by atoms with van der Waals surface area (Å²) in [5, 5.41) is 9.56. The van der Waals surface area contributed by atoms with E-state index in [1.165, 1.54) is 0 Å². The number of rotatable bonds is 1. The van der Waals surface area contributed by atoms with Crippen LogP contribution in [0.3, 0.4) is 0 Å². The van der Waals surface area contributed by atoms with E-state index in [-0.39, 0.29) is 11.3 Å². The van der Waals surface area contributed by atoms with Crippen molar-refractivity contribution in [2.45, 2.75) is 6.42 Å². The van der Waals surface area contributed by atoms with Crippen LogP contribution in [-0.4, -0.2) is 18.0 Å². The molecule has 1 N–H and O–H groups in total. The molecule has 1 aromatic rings. The molecule has 0 saturated carbocycles. The number of carbonyl (C=O) groups is 1. The van der Waals surface area contributed by atoms with Crippen LogP contribution in [0.1, 0.15) is 15.9 Å². The summed E-state index contributed by atoms with van der Waals surface area (Å²) in [5.41, 5.74) is 1.19. The Hall–Kier alpha value is -1.03. The molecule has 1 aliphatic rings. The average molecular weight is 243 g/mol. The van der Waals surface area contributed by atoms with Crippen molar-refractivity contribution in [1.82, 2.24) is 0 Å². The molecule has 0 bridgehead atoms. The van der Waals surface area contributed by atoms with Crippen molar-refractivity contribution in [3.05, 3.63) is 21.7 Å². The second kappa shape index (κ2) is 3.03. The Morgan fingerprint density at radius 3 is 3.08 bits per heavy atom. The second-order valence-corrected chi connectivity index (χ2v) is 3.67. The monoisotopic (exact) mass is 242 g/mol. The molecule has 0 aliphatic carbocycles. The highest BCUT2D eigenvalue weighted by molar-refractivity contribution is 9.10. The average Bonchev–Trinajstić information content (AvgIpc) is 2.60. The van der Waals surface area contributed by atoms with Gasteiger partial charge in [-0.05, 0) is 6.07 Å². The summed E-state index contributed by atoms with van der Waals surface area (Å²) in [6.07, 6.45) is 1.38. The van der Waals surface area contributed by atoms with Gasteiger partial charge in [-0.25, -0.2) is 0 Å². The Balaban J connectivity index is 2.69. The minimum atomic E-state index is -0.0503. The molecule has 0 spiro atoms. The van der Waals surface area contributed by atoms with Crippen molar-refractivity contribution in [1.29, 1.82) is 0 Å². The van der Waals surface area contributed by atoms with E-state index >= 15 is 0 Å². The van der Waals surface area contributed by atoms with Crippen LogP contribution in [0.25, 0.3) is 0 Å². The third-order valence-corrected chi connectivity index (χ3v) is 2.77. The van der Waals surface area contributed by atoms with E-state index in [2.05, 4.69) is 15.9 Å². The number of aromatic hydroxyl groups is 1. The van der Waals surface area contributed by atoms with E-state index in [0.29, 0.717) is 18.6 Å². The van der Waals surface area contributed by atoms with E-state index < -0.39 is 0 Å². The van der Waals surface area contributed by atoms with Crippen LogP contribution in [-0.2, 0) is 6.42 Å². The van der Waals surface area contributed by atoms with Gasteiger partial charge in [0.15, 0.2) is 17.8 Å². The molecule has 68 valence electrons. The molecule has 0 amide bonds. The highest BCUT2D eigenvalue weighted by Gasteiger charge is 2.21. The Morgan fingerprint density at radius 1 is 1.62 bits per heavy atom. The van der Waals surface area contributed by atoms with Crippen molar-refractivity contribution in [3.63, 3.8) is 0 Å². The largest absolute Gasteiger partial charge is 0.504 e. The standard InChI is InChI=1S/C9H7BrO3/c10-7-3-5(4-11)8(12)9-6(7)1-2-13-9/h3-4,12H,1-2H2. The molecule has 4 heteroatoms. The molecule has 0 atom stereocenters. The Labute approximate surface area is 83.5 Å². The van der Waals surface area contributed by atoms with Crippen LogP contribution >= 0.6 is 15.9 Å². The van der Waals surface area contributed by atoms with E-state index in [1.54, 1.807) is 6.07 Å². The third kappa shape index (κ3) is 1.21. The molecular weight excluding hydrogens is 236 g/mol. The molecule has 0 fully saturated rings. The lowest BCUT2D eigenvalue weighted by Gasteiger charge is -2.05. The van der Waals surface area contributed by atoms with Crippen molar-refractivity contribution in [3.8, 4) is 11.5 Å². The van der Waals surface area contributed by atoms with Gasteiger partial charge in [0.1, 0.15) is 0 Å². The van der Waals surface area contributed by atoms with Gasteiger partial charge in [-0.3, -0.25) is 4.79 Å². The summed E-state index contributed by atoms with van der Waals surface area (Å²) in [5.74, 6) is 0.391. The van der Waals surface area contributed by atoms with Crippen LogP contribution in [0.15, 0.2) is 10.5 Å². The Bertz CT molecular complexity index is 374. The molecule has 13 heavy (non-hydrogen) atoms. The minimum absolute atomic E-state index is 0.0503. The first-order valence-corrected chi connectivity index (χ1v) is 4.65. The highest BCUT2D eigenvalue weighted by Crippen LogP contribution is 2.41. The predicted octanol–water partition coefficient (Wildman–Crippen LogP) is 1.90. The fraction of sp³-hybridized carbons (Fsp3) is 0.222. The first kappa shape index (κ1) is 8.56. The number of benzene rings is 1. The van der Waals surface area contributed by atoms with Crippen molar-refractivity contribution in [2.75, 3.05) is 6.61 Å². The van der Waals surface area contributed by atoms with Crippen LogP contribution in [0, 0.1) is 0 Å². The molecule has 0 radical (unpaired) electrons. The summed E-state index contributed by atoms with van der Waals surface area (Å²) in [4.78, 5) is 10.5. The van der Waals surface area contributed by atoms with Crippen LogP contribution in [0.5, 0.6) is 11.5 Å². The molecule has 2 rings (SSSR count). The molecule has 0 unspecified atom stereocenters. The SMILES string of the molecule is O=Cc1cc(Br)c2c(c1O)OCC2.